The minimum absolute atomic E-state index is 0.00541. The number of hydrogen-bond donors (Lipinski definition) is 3. The van der Waals surface area contributed by atoms with Crippen LogP contribution in [0.1, 0.15) is 13.3 Å². The fourth-order valence-electron chi connectivity index (χ4n) is 4.64. The van der Waals surface area contributed by atoms with E-state index >= 15 is 0 Å². The number of β-amino-alcohol motifs (C(OH)–C–C–N with tert-alkyl or cyclic N) is 1. The maximum absolute atomic E-state index is 14.9. The summed E-state index contributed by atoms with van der Waals surface area (Å²) in [5.41, 5.74) is 1.71. The summed E-state index contributed by atoms with van der Waals surface area (Å²) in [6, 6.07) is 5.05. The average molecular weight is 485 g/mol. The molecule has 4 aromatic rings. The molecule has 2 aromatic carbocycles. The third kappa shape index (κ3) is 4.35. The smallest absolute Gasteiger partial charge is 0.161 e. The Hall–Kier alpha value is -3.50. The van der Waals surface area contributed by atoms with E-state index in [4.69, 9.17) is 0 Å². The molecule has 3 N–H and O–H groups in total. The van der Waals surface area contributed by atoms with Crippen molar-refractivity contribution in [2.45, 2.75) is 25.5 Å². The Morgan fingerprint density at radius 2 is 1.80 bits per heavy atom. The Morgan fingerprint density at radius 3 is 2.57 bits per heavy atom. The number of nitrogens with zero attached hydrogens (tertiary/aromatic N) is 3. The van der Waals surface area contributed by atoms with Gasteiger partial charge in [-0.2, -0.15) is 0 Å². The van der Waals surface area contributed by atoms with Crippen molar-refractivity contribution in [3.63, 3.8) is 0 Å². The minimum Gasteiger partial charge on any atom is -0.390 e. The summed E-state index contributed by atoms with van der Waals surface area (Å²) >= 11 is 0. The molecule has 2 aromatic heterocycles. The van der Waals surface area contributed by atoms with Crippen molar-refractivity contribution in [2.75, 3.05) is 24.5 Å². The lowest BCUT2D eigenvalue weighted by Gasteiger charge is -2.39. The van der Waals surface area contributed by atoms with Crippen LogP contribution in [0.2, 0.25) is 0 Å². The molecule has 6 nitrogen and oxygen atoms in total. The van der Waals surface area contributed by atoms with Crippen molar-refractivity contribution in [1.29, 1.82) is 0 Å². The van der Waals surface area contributed by atoms with Gasteiger partial charge in [0.2, 0.25) is 0 Å². The maximum Gasteiger partial charge on any atom is 0.161 e. The van der Waals surface area contributed by atoms with Gasteiger partial charge in [-0.25, -0.2) is 22.5 Å². The number of fused-ring (bicyclic) bond motifs is 1. The molecule has 0 amide bonds. The van der Waals surface area contributed by atoms with Crippen LogP contribution in [0.4, 0.5) is 23.2 Å². The number of imidazole rings is 1. The third-order valence-electron chi connectivity index (χ3n) is 6.28. The topological polar surface area (TPSA) is 77.1 Å². The predicted molar refractivity (Wildman–Crippen MR) is 125 cm³/mol. The number of aromatic nitrogens is 3. The first-order valence-electron chi connectivity index (χ1n) is 11.3. The van der Waals surface area contributed by atoms with Gasteiger partial charge in [0.15, 0.2) is 11.6 Å². The van der Waals surface area contributed by atoms with Gasteiger partial charge in [-0.3, -0.25) is 4.98 Å². The van der Waals surface area contributed by atoms with Gasteiger partial charge >= 0.3 is 0 Å². The number of hydrogen-bond acceptors (Lipinski definition) is 5. The lowest BCUT2D eigenvalue weighted by molar-refractivity contribution is 0.115. The standard InChI is InChI=1S/C25H23F4N5O/c1-2-31-20-5-6-34(12-23(20)35)24-15(14-7-13(26)3-4-17(14)27)10-30-11-16(24)25-32-21-8-18(28)19(29)9-22(21)33-25/h3-4,7-11,20,23,31,35H,2,5-6,12H2,1H3,(H,32,33)/t20-,23+/m1/s1. The second-order valence-corrected chi connectivity index (χ2v) is 8.54. The molecule has 3 heterocycles. The first-order valence-corrected chi connectivity index (χ1v) is 11.3. The van der Waals surface area contributed by atoms with E-state index in [0.29, 0.717) is 36.3 Å². The van der Waals surface area contributed by atoms with Crippen molar-refractivity contribution in [2.24, 2.45) is 0 Å². The molecule has 0 bridgehead atoms. The molecule has 10 heteroatoms. The van der Waals surface area contributed by atoms with Crippen LogP contribution in [0.15, 0.2) is 42.7 Å². The Balaban J connectivity index is 1.69. The highest BCUT2D eigenvalue weighted by Crippen LogP contribution is 2.40. The van der Waals surface area contributed by atoms with Gasteiger partial charge in [-0.1, -0.05) is 6.92 Å². The first kappa shape index (κ1) is 23.3. The molecule has 1 saturated heterocycles. The predicted octanol–water partition coefficient (Wildman–Crippen LogP) is 4.40. The number of anilines is 1. The number of halogens is 4. The SMILES string of the molecule is CCN[C@@H]1CCN(c2c(-c3nc4cc(F)c(F)cc4[nH]3)cncc2-c2cc(F)ccc2F)C[C@@H]1O. The van der Waals surface area contributed by atoms with Crippen LogP contribution in [-0.4, -0.2) is 51.8 Å². The lowest BCUT2D eigenvalue weighted by atomic mass is 9.96. The molecule has 5 rings (SSSR count). The summed E-state index contributed by atoms with van der Waals surface area (Å²) < 4.78 is 56.5. The molecule has 2 atom stereocenters. The molecular weight excluding hydrogens is 462 g/mol. The molecule has 1 aliphatic heterocycles. The Morgan fingerprint density at radius 1 is 1.03 bits per heavy atom. The van der Waals surface area contributed by atoms with Crippen LogP contribution < -0.4 is 10.2 Å². The quantitative estimate of drug-likeness (QED) is 0.366. The fraction of sp³-hybridized carbons (Fsp3) is 0.280. The number of piperidine rings is 1. The van der Waals surface area contributed by atoms with Gasteiger partial charge in [-0.05, 0) is 31.2 Å². The van der Waals surface area contributed by atoms with E-state index < -0.39 is 29.4 Å². The largest absolute Gasteiger partial charge is 0.390 e. The second-order valence-electron chi connectivity index (χ2n) is 8.54. The van der Waals surface area contributed by atoms with E-state index in [0.717, 1.165) is 30.3 Å². The number of aliphatic hydroxyl groups is 1. The van der Waals surface area contributed by atoms with Crippen LogP contribution in [-0.2, 0) is 0 Å². The molecule has 0 saturated carbocycles. The van der Waals surface area contributed by atoms with Crippen molar-refractivity contribution < 1.29 is 22.7 Å². The van der Waals surface area contributed by atoms with Gasteiger partial charge < -0.3 is 20.3 Å². The van der Waals surface area contributed by atoms with Crippen molar-refractivity contribution in [3.05, 3.63) is 66.0 Å². The summed E-state index contributed by atoms with van der Waals surface area (Å²) in [6.07, 6.45) is 2.83. The highest BCUT2D eigenvalue weighted by atomic mass is 19.2. The zero-order valence-electron chi connectivity index (χ0n) is 18.8. The molecule has 0 spiro atoms. The summed E-state index contributed by atoms with van der Waals surface area (Å²) in [6.45, 7) is 3.40. The zero-order valence-corrected chi connectivity index (χ0v) is 18.8. The summed E-state index contributed by atoms with van der Waals surface area (Å²) in [5, 5.41) is 14.0. The van der Waals surface area contributed by atoms with E-state index in [1.165, 1.54) is 12.4 Å². The van der Waals surface area contributed by atoms with Crippen LogP contribution in [0.3, 0.4) is 0 Å². The van der Waals surface area contributed by atoms with E-state index in [1.807, 2.05) is 11.8 Å². The van der Waals surface area contributed by atoms with Crippen molar-refractivity contribution in [3.8, 4) is 22.5 Å². The van der Waals surface area contributed by atoms with E-state index in [9.17, 15) is 22.7 Å². The number of pyridine rings is 1. The zero-order chi connectivity index (χ0) is 24.7. The number of rotatable bonds is 5. The molecule has 0 aliphatic carbocycles. The summed E-state index contributed by atoms with van der Waals surface area (Å²) in [4.78, 5) is 13.5. The van der Waals surface area contributed by atoms with Crippen LogP contribution >= 0.6 is 0 Å². The lowest BCUT2D eigenvalue weighted by Crippen LogP contribution is -2.53. The number of aliphatic hydroxyl groups excluding tert-OH is 1. The van der Waals surface area contributed by atoms with Gasteiger partial charge in [-0.15, -0.1) is 0 Å². The Bertz CT molecular complexity index is 1350. The highest BCUT2D eigenvalue weighted by molar-refractivity contribution is 5.91. The van der Waals surface area contributed by atoms with Crippen LogP contribution in [0.25, 0.3) is 33.5 Å². The molecule has 1 fully saturated rings. The number of benzene rings is 2. The molecule has 35 heavy (non-hydrogen) atoms. The van der Waals surface area contributed by atoms with E-state index in [-0.39, 0.29) is 35.0 Å². The number of nitrogens with one attached hydrogen (secondary N) is 2. The van der Waals surface area contributed by atoms with Crippen LogP contribution in [0.5, 0.6) is 0 Å². The fourth-order valence-corrected chi connectivity index (χ4v) is 4.64. The highest BCUT2D eigenvalue weighted by Gasteiger charge is 2.31. The van der Waals surface area contributed by atoms with Crippen molar-refractivity contribution >= 4 is 16.7 Å². The number of H-pyrrole nitrogens is 1. The summed E-state index contributed by atoms with van der Waals surface area (Å²) in [7, 11) is 0. The second kappa shape index (κ2) is 9.27. The van der Waals surface area contributed by atoms with E-state index in [1.54, 1.807) is 0 Å². The number of aromatic amines is 1. The van der Waals surface area contributed by atoms with Gasteiger partial charge in [0.25, 0.3) is 0 Å². The van der Waals surface area contributed by atoms with Gasteiger partial charge in [0.05, 0.1) is 28.4 Å². The minimum atomic E-state index is -1.03. The Kier molecular flexibility index (Phi) is 6.16. The average Bonchev–Trinajstić information content (AvgIpc) is 3.24. The van der Waals surface area contributed by atoms with Gasteiger partial charge in [0, 0.05) is 54.8 Å². The molecular formula is C25H23F4N5O. The van der Waals surface area contributed by atoms with Crippen molar-refractivity contribution in [1.82, 2.24) is 20.3 Å². The summed E-state index contributed by atoms with van der Waals surface area (Å²) in [5.74, 6) is -3.04. The normalized spacial score (nSPS) is 18.4. The molecule has 0 unspecified atom stereocenters. The molecule has 182 valence electrons. The first-order chi connectivity index (χ1) is 16.9. The van der Waals surface area contributed by atoms with Gasteiger partial charge in [0.1, 0.15) is 17.5 Å². The Labute approximate surface area is 198 Å². The monoisotopic (exact) mass is 485 g/mol. The molecule has 0 radical (unpaired) electrons. The van der Waals surface area contributed by atoms with Crippen LogP contribution in [0, 0.1) is 23.3 Å². The third-order valence-corrected chi connectivity index (χ3v) is 6.28. The van der Waals surface area contributed by atoms with E-state index in [2.05, 4.69) is 20.3 Å². The maximum atomic E-state index is 14.9. The molecule has 1 aliphatic rings. The number of likely N-dealkylation sites (N-methyl/N-ethyl adjacent to an activating group) is 1.